The Balaban J connectivity index is 2.89. The molecular formula is C10H4F14. The van der Waals surface area contributed by atoms with E-state index in [1.54, 1.807) is 0 Å². The van der Waals surface area contributed by atoms with Crippen LogP contribution >= 0.6 is 0 Å². The van der Waals surface area contributed by atoms with Gasteiger partial charge in [-0.05, 0) is 6.42 Å². The Hall–Kier alpha value is -0.980. The van der Waals surface area contributed by atoms with E-state index in [2.05, 4.69) is 0 Å². The van der Waals surface area contributed by atoms with Crippen LogP contribution < -0.4 is 0 Å². The lowest BCUT2D eigenvalue weighted by atomic mass is 9.58. The van der Waals surface area contributed by atoms with Gasteiger partial charge in [0.1, 0.15) is 0 Å². The molecule has 0 nitrogen and oxygen atoms in total. The third-order valence-electron chi connectivity index (χ3n) is 4.29. The molecule has 0 aromatic heterocycles. The first-order chi connectivity index (χ1) is 10.3. The Bertz CT molecular complexity index is 550. The maximum Gasteiger partial charge on any atom is 0.381 e. The maximum atomic E-state index is 14.1. The Morgan fingerprint density at radius 1 is 0.500 bits per heavy atom. The zero-order valence-electron chi connectivity index (χ0n) is 10.7. The summed E-state index contributed by atoms with van der Waals surface area (Å²) in [5.74, 6) is -47.0. The van der Waals surface area contributed by atoms with E-state index in [0.29, 0.717) is 0 Å². The van der Waals surface area contributed by atoms with Crippen LogP contribution in [0.15, 0.2) is 0 Å². The lowest BCUT2D eigenvalue weighted by Crippen LogP contribution is -2.86. The predicted molar refractivity (Wildman–Crippen MR) is 46.5 cm³/mol. The fraction of sp³-hybridized carbons (Fsp3) is 1.00. The van der Waals surface area contributed by atoms with Gasteiger partial charge in [-0.1, -0.05) is 0 Å². The van der Waals surface area contributed by atoms with Crippen molar-refractivity contribution in [2.45, 2.75) is 53.8 Å². The van der Waals surface area contributed by atoms with Crippen LogP contribution in [0.3, 0.4) is 0 Å². The summed E-state index contributed by atoms with van der Waals surface area (Å²) < 4.78 is 186. The van der Waals surface area contributed by atoms with Gasteiger partial charge in [0.05, 0.1) is 5.92 Å². The summed E-state index contributed by atoms with van der Waals surface area (Å²) in [4.78, 5) is 0. The summed E-state index contributed by atoms with van der Waals surface area (Å²) in [6, 6.07) is 0. The highest BCUT2D eigenvalue weighted by Crippen LogP contribution is 2.74. The van der Waals surface area contributed by atoms with Gasteiger partial charge in [0, 0.05) is 0 Å². The molecule has 0 saturated heterocycles. The van der Waals surface area contributed by atoms with Crippen LogP contribution in [-0.4, -0.2) is 47.4 Å². The highest BCUT2D eigenvalue weighted by atomic mass is 19.4. The Kier molecular flexibility index (Phi) is 3.40. The molecule has 0 aliphatic heterocycles. The van der Waals surface area contributed by atoms with E-state index in [4.69, 9.17) is 0 Å². The lowest BCUT2D eigenvalue weighted by molar-refractivity contribution is -0.490. The van der Waals surface area contributed by atoms with Crippen LogP contribution in [0.5, 0.6) is 0 Å². The minimum atomic E-state index is -7.46. The van der Waals surface area contributed by atoms with Gasteiger partial charge in [-0.15, -0.1) is 0 Å². The van der Waals surface area contributed by atoms with E-state index in [0.717, 1.165) is 0 Å². The second-order valence-corrected chi connectivity index (χ2v) is 5.51. The van der Waals surface area contributed by atoms with Gasteiger partial charge in [0.15, 0.2) is 6.17 Å². The maximum absolute atomic E-state index is 14.1. The predicted octanol–water partition coefficient (Wildman–Crippen LogP) is 4.88. The van der Waals surface area contributed by atoms with Gasteiger partial charge < -0.3 is 0 Å². The SMILES string of the molecule is FC1CC2C(F)(F)C(F)(F)C(F)(F)C(F)(F)C2(F)C(F)(F)C1(F)F. The van der Waals surface area contributed by atoms with Crippen molar-refractivity contribution in [3.8, 4) is 0 Å². The fourth-order valence-corrected chi connectivity index (χ4v) is 2.84. The van der Waals surface area contributed by atoms with Crippen LogP contribution in [0.2, 0.25) is 0 Å². The normalized spacial score (nSPS) is 43.8. The van der Waals surface area contributed by atoms with Crippen molar-refractivity contribution in [1.29, 1.82) is 0 Å². The third-order valence-corrected chi connectivity index (χ3v) is 4.29. The van der Waals surface area contributed by atoms with Crippen molar-refractivity contribution in [1.82, 2.24) is 0 Å². The molecule has 0 amide bonds. The van der Waals surface area contributed by atoms with Gasteiger partial charge in [-0.25, -0.2) is 8.78 Å². The number of fused-ring (bicyclic) bond motifs is 1. The molecule has 2 rings (SSSR count). The molecule has 142 valence electrons. The highest BCUT2D eigenvalue weighted by molar-refractivity contribution is 5.30. The highest BCUT2D eigenvalue weighted by Gasteiger charge is 3.01. The molecular weight excluding hydrogens is 386 g/mol. The molecule has 3 unspecified atom stereocenters. The molecule has 0 bridgehead atoms. The average molecular weight is 390 g/mol. The number of alkyl halides is 14. The van der Waals surface area contributed by atoms with Crippen molar-refractivity contribution in [2.75, 3.05) is 0 Å². The van der Waals surface area contributed by atoms with Crippen molar-refractivity contribution in [2.24, 2.45) is 5.92 Å². The standard InChI is InChI=1S/C10H4F14/c11-3-1-2-4(12,7(17,18)6(3,15)16)8(19,20)10(23,24)9(21,22)5(2,13)14/h2-3H,1H2. The van der Waals surface area contributed by atoms with Gasteiger partial charge in [0.2, 0.25) is 0 Å². The lowest BCUT2D eigenvalue weighted by Gasteiger charge is -2.58. The monoisotopic (exact) mass is 390 g/mol. The second kappa shape index (κ2) is 4.22. The van der Waals surface area contributed by atoms with E-state index in [-0.39, 0.29) is 0 Å². The third kappa shape index (κ3) is 1.50. The summed E-state index contributed by atoms with van der Waals surface area (Å²) in [6.07, 6.45) is -7.40. The first-order valence-corrected chi connectivity index (χ1v) is 5.86. The Labute approximate surface area is 122 Å². The minimum absolute atomic E-state index is 2.95. The molecule has 0 heterocycles. The zero-order chi connectivity index (χ0) is 19.4. The van der Waals surface area contributed by atoms with Crippen molar-refractivity contribution < 1.29 is 61.5 Å². The number of rotatable bonds is 0. The van der Waals surface area contributed by atoms with Crippen molar-refractivity contribution in [3.05, 3.63) is 0 Å². The van der Waals surface area contributed by atoms with E-state index in [9.17, 15) is 61.5 Å². The zero-order valence-corrected chi connectivity index (χ0v) is 10.7. The molecule has 2 aliphatic rings. The molecule has 0 aromatic rings. The molecule has 0 spiro atoms. The smallest absolute Gasteiger partial charge is 0.241 e. The Morgan fingerprint density at radius 3 is 1.33 bits per heavy atom. The Morgan fingerprint density at radius 2 is 0.917 bits per heavy atom. The topological polar surface area (TPSA) is 0 Å². The van der Waals surface area contributed by atoms with Crippen LogP contribution in [0, 0.1) is 5.92 Å². The first kappa shape index (κ1) is 19.3. The van der Waals surface area contributed by atoms with Crippen LogP contribution in [0.4, 0.5) is 61.5 Å². The summed E-state index contributed by atoms with van der Waals surface area (Å²) in [5.41, 5.74) is -6.83. The molecule has 0 N–H and O–H groups in total. The van der Waals surface area contributed by atoms with Crippen LogP contribution in [-0.2, 0) is 0 Å². The van der Waals surface area contributed by atoms with Crippen molar-refractivity contribution in [3.63, 3.8) is 0 Å². The summed E-state index contributed by atoms with van der Waals surface area (Å²) >= 11 is 0. The molecule has 0 radical (unpaired) electrons. The molecule has 2 saturated carbocycles. The van der Waals surface area contributed by atoms with Gasteiger partial charge in [-0.3, -0.25) is 0 Å². The van der Waals surface area contributed by atoms with Gasteiger partial charge in [-0.2, -0.15) is 52.7 Å². The van der Waals surface area contributed by atoms with Gasteiger partial charge in [0.25, 0.3) is 5.67 Å². The van der Waals surface area contributed by atoms with Gasteiger partial charge >= 0.3 is 35.5 Å². The van der Waals surface area contributed by atoms with E-state index in [1.165, 1.54) is 0 Å². The molecule has 0 aromatic carbocycles. The summed E-state index contributed by atoms with van der Waals surface area (Å²) in [7, 11) is 0. The molecule has 24 heavy (non-hydrogen) atoms. The minimum Gasteiger partial charge on any atom is -0.241 e. The quantitative estimate of drug-likeness (QED) is 0.518. The molecule has 3 atom stereocenters. The molecule has 2 fully saturated rings. The van der Waals surface area contributed by atoms with Crippen LogP contribution in [0.1, 0.15) is 6.42 Å². The summed E-state index contributed by atoms with van der Waals surface area (Å²) in [6.45, 7) is 0. The average Bonchev–Trinajstić information content (AvgIpc) is 2.39. The fourth-order valence-electron chi connectivity index (χ4n) is 2.84. The first-order valence-electron chi connectivity index (χ1n) is 5.86. The summed E-state index contributed by atoms with van der Waals surface area (Å²) in [5, 5.41) is 0. The molecule has 2 aliphatic carbocycles. The van der Waals surface area contributed by atoms with Crippen LogP contribution in [0.25, 0.3) is 0 Å². The van der Waals surface area contributed by atoms with E-state index < -0.39 is 59.7 Å². The largest absolute Gasteiger partial charge is 0.381 e. The van der Waals surface area contributed by atoms with Crippen molar-refractivity contribution >= 4 is 0 Å². The second-order valence-electron chi connectivity index (χ2n) is 5.51. The number of hydrogen-bond acceptors (Lipinski definition) is 0. The molecule has 14 heteroatoms. The number of hydrogen-bond donors (Lipinski definition) is 0. The van der Waals surface area contributed by atoms with E-state index in [1.807, 2.05) is 0 Å². The van der Waals surface area contributed by atoms with E-state index >= 15 is 0 Å². The number of halogens is 14.